The molecular weight excluding hydrogens is 224 g/mol. The molecule has 2 amide bonds. The van der Waals surface area contributed by atoms with Gasteiger partial charge in [0.05, 0.1) is 12.6 Å². The molecule has 6 nitrogen and oxygen atoms in total. The van der Waals surface area contributed by atoms with Crippen molar-refractivity contribution in [2.24, 2.45) is 5.92 Å². The fourth-order valence-electron chi connectivity index (χ4n) is 2.43. The molecule has 2 N–H and O–H groups in total. The van der Waals surface area contributed by atoms with Gasteiger partial charge < -0.3 is 5.11 Å². The molecule has 1 aliphatic carbocycles. The highest BCUT2D eigenvalue weighted by atomic mass is 16.4. The van der Waals surface area contributed by atoms with Crippen LogP contribution in [0, 0.1) is 5.92 Å². The van der Waals surface area contributed by atoms with Crippen LogP contribution in [-0.4, -0.2) is 46.4 Å². The smallest absolute Gasteiger partial charge is 0.321 e. The van der Waals surface area contributed by atoms with Crippen LogP contribution in [0.2, 0.25) is 0 Å². The first-order valence-corrected chi connectivity index (χ1v) is 5.86. The number of rotatable bonds is 4. The summed E-state index contributed by atoms with van der Waals surface area (Å²) in [5.41, 5.74) is 0. The van der Waals surface area contributed by atoms with Crippen molar-refractivity contribution in [3.8, 4) is 0 Å². The van der Waals surface area contributed by atoms with E-state index in [2.05, 4.69) is 5.32 Å². The van der Waals surface area contributed by atoms with Crippen LogP contribution in [0.25, 0.3) is 0 Å². The van der Waals surface area contributed by atoms with Gasteiger partial charge in [-0.05, 0) is 25.2 Å². The van der Waals surface area contributed by atoms with Crippen LogP contribution < -0.4 is 5.32 Å². The molecule has 6 heteroatoms. The Hall–Kier alpha value is -1.43. The highest BCUT2D eigenvalue weighted by Crippen LogP contribution is 2.36. The summed E-state index contributed by atoms with van der Waals surface area (Å²) in [6.07, 6.45) is 2.23. The Kier molecular flexibility index (Phi) is 3.15. The van der Waals surface area contributed by atoms with Crippen molar-refractivity contribution in [1.82, 2.24) is 10.2 Å². The third kappa shape index (κ3) is 2.31. The van der Waals surface area contributed by atoms with E-state index in [-0.39, 0.29) is 18.4 Å². The van der Waals surface area contributed by atoms with Gasteiger partial charge in [-0.1, -0.05) is 6.92 Å². The van der Waals surface area contributed by atoms with Crippen LogP contribution >= 0.6 is 0 Å². The average molecular weight is 240 g/mol. The molecule has 0 aromatic carbocycles. The summed E-state index contributed by atoms with van der Waals surface area (Å²) in [5.74, 6) is -1.64. The number of hydrogen-bond acceptors (Lipinski definition) is 4. The van der Waals surface area contributed by atoms with E-state index in [4.69, 9.17) is 0 Å². The van der Waals surface area contributed by atoms with E-state index in [0.29, 0.717) is 6.42 Å². The molecular formula is C11H16N2O4. The molecule has 2 aliphatic rings. The van der Waals surface area contributed by atoms with Crippen LogP contribution in [0.15, 0.2) is 0 Å². The molecule has 1 aliphatic heterocycles. The number of carboxylic acid groups (broad SMARTS) is 1. The standard InChI is InChI=1S/C11H16N2O4/c1-2-7-10(15)12-8(14)5-13(7)9(11(16)17)6-3-4-6/h6-7,9H,2-5H2,1H3,(H,16,17)(H,12,14,15). The molecule has 94 valence electrons. The Morgan fingerprint density at radius 1 is 1.53 bits per heavy atom. The van der Waals surface area contributed by atoms with Gasteiger partial charge in [-0.15, -0.1) is 0 Å². The molecule has 0 spiro atoms. The number of hydrogen-bond donors (Lipinski definition) is 2. The SMILES string of the molecule is CCC1C(=O)NC(=O)CN1C(C(=O)O)C1CC1. The molecule has 2 unspecified atom stereocenters. The molecule has 0 aromatic rings. The Bertz CT molecular complexity index is 364. The molecule has 0 aromatic heterocycles. The average Bonchev–Trinajstić information content (AvgIpc) is 3.01. The van der Waals surface area contributed by atoms with Crippen LogP contribution in [0.3, 0.4) is 0 Å². The van der Waals surface area contributed by atoms with Crippen molar-refractivity contribution < 1.29 is 19.5 Å². The first kappa shape index (κ1) is 12.0. The summed E-state index contributed by atoms with van der Waals surface area (Å²) < 4.78 is 0. The van der Waals surface area contributed by atoms with E-state index in [0.717, 1.165) is 12.8 Å². The van der Waals surface area contributed by atoms with Crippen LogP contribution in [-0.2, 0) is 14.4 Å². The maximum absolute atomic E-state index is 11.6. The second kappa shape index (κ2) is 4.44. The third-order valence-corrected chi connectivity index (χ3v) is 3.36. The maximum atomic E-state index is 11.6. The second-order valence-corrected chi connectivity index (χ2v) is 4.63. The van der Waals surface area contributed by atoms with Gasteiger partial charge in [0.1, 0.15) is 6.04 Å². The zero-order chi connectivity index (χ0) is 12.6. The summed E-state index contributed by atoms with van der Waals surface area (Å²) >= 11 is 0. The lowest BCUT2D eigenvalue weighted by atomic mass is 10.0. The molecule has 1 saturated carbocycles. The number of amides is 2. The molecule has 2 fully saturated rings. The van der Waals surface area contributed by atoms with Gasteiger partial charge in [-0.2, -0.15) is 0 Å². The normalized spacial score (nSPS) is 27.7. The van der Waals surface area contributed by atoms with Crippen LogP contribution in [0.4, 0.5) is 0 Å². The minimum Gasteiger partial charge on any atom is -0.480 e. The fraction of sp³-hybridized carbons (Fsp3) is 0.727. The molecule has 1 saturated heterocycles. The van der Waals surface area contributed by atoms with Crippen molar-refractivity contribution in [2.75, 3.05) is 6.54 Å². The van der Waals surface area contributed by atoms with E-state index in [1.54, 1.807) is 4.90 Å². The van der Waals surface area contributed by atoms with Gasteiger partial charge in [-0.25, -0.2) is 0 Å². The lowest BCUT2D eigenvalue weighted by Gasteiger charge is -2.37. The summed E-state index contributed by atoms with van der Waals surface area (Å²) in [6.45, 7) is 1.82. The number of carboxylic acids is 1. The highest BCUT2D eigenvalue weighted by molar-refractivity contribution is 6.01. The largest absolute Gasteiger partial charge is 0.480 e. The minimum absolute atomic E-state index is 0.00227. The number of nitrogens with one attached hydrogen (secondary N) is 1. The van der Waals surface area contributed by atoms with Crippen molar-refractivity contribution in [1.29, 1.82) is 0 Å². The van der Waals surface area contributed by atoms with Crippen LogP contribution in [0.1, 0.15) is 26.2 Å². The number of nitrogens with zero attached hydrogens (tertiary/aromatic N) is 1. The second-order valence-electron chi connectivity index (χ2n) is 4.63. The Labute approximate surface area is 99.0 Å². The number of imide groups is 1. The predicted molar refractivity (Wildman–Crippen MR) is 58.1 cm³/mol. The lowest BCUT2D eigenvalue weighted by Crippen LogP contribution is -2.62. The molecule has 2 atom stereocenters. The maximum Gasteiger partial charge on any atom is 0.321 e. The number of aliphatic carboxylic acids is 1. The van der Waals surface area contributed by atoms with Crippen molar-refractivity contribution in [3.05, 3.63) is 0 Å². The monoisotopic (exact) mass is 240 g/mol. The van der Waals surface area contributed by atoms with Crippen LogP contribution in [0.5, 0.6) is 0 Å². The Balaban J connectivity index is 2.22. The van der Waals surface area contributed by atoms with Gasteiger partial charge in [0.2, 0.25) is 11.8 Å². The first-order chi connectivity index (χ1) is 8.04. The topological polar surface area (TPSA) is 86.7 Å². The Morgan fingerprint density at radius 3 is 2.65 bits per heavy atom. The van der Waals surface area contributed by atoms with E-state index in [1.165, 1.54) is 0 Å². The minimum atomic E-state index is -0.937. The lowest BCUT2D eigenvalue weighted by molar-refractivity contribution is -0.151. The Morgan fingerprint density at radius 2 is 2.18 bits per heavy atom. The molecule has 0 bridgehead atoms. The molecule has 17 heavy (non-hydrogen) atoms. The van der Waals surface area contributed by atoms with Gasteiger partial charge >= 0.3 is 5.97 Å². The summed E-state index contributed by atoms with van der Waals surface area (Å²) in [4.78, 5) is 35.8. The van der Waals surface area contributed by atoms with E-state index < -0.39 is 24.0 Å². The van der Waals surface area contributed by atoms with Crippen molar-refractivity contribution in [2.45, 2.75) is 38.3 Å². The van der Waals surface area contributed by atoms with E-state index in [9.17, 15) is 19.5 Å². The molecule has 2 rings (SSSR count). The zero-order valence-electron chi connectivity index (χ0n) is 9.68. The van der Waals surface area contributed by atoms with Gasteiger partial charge in [0.25, 0.3) is 0 Å². The number of carbonyl (C=O) groups excluding carboxylic acids is 2. The molecule has 1 heterocycles. The molecule has 0 radical (unpaired) electrons. The van der Waals surface area contributed by atoms with E-state index >= 15 is 0 Å². The quantitative estimate of drug-likeness (QED) is 0.652. The number of piperazine rings is 1. The van der Waals surface area contributed by atoms with Crippen molar-refractivity contribution in [3.63, 3.8) is 0 Å². The zero-order valence-corrected chi connectivity index (χ0v) is 9.68. The highest BCUT2D eigenvalue weighted by Gasteiger charge is 2.46. The van der Waals surface area contributed by atoms with Gasteiger partial charge in [0.15, 0.2) is 0 Å². The summed E-state index contributed by atoms with van der Waals surface area (Å²) in [6, 6.07) is -1.20. The summed E-state index contributed by atoms with van der Waals surface area (Å²) in [7, 11) is 0. The van der Waals surface area contributed by atoms with Crippen molar-refractivity contribution >= 4 is 17.8 Å². The third-order valence-electron chi connectivity index (χ3n) is 3.36. The first-order valence-electron chi connectivity index (χ1n) is 5.86. The van der Waals surface area contributed by atoms with E-state index in [1.807, 2.05) is 6.92 Å². The van der Waals surface area contributed by atoms with Gasteiger partial charge in [0, 0.05) is 0 Å². The number of carbonyl (C=O) groups is 3. The van der Waals surface area contributed by atoms with Gasteiger partial charge in [-0.3, -0.25) is 24.6 Å². The fourth-order valence-corrected chi connectivity index (χ4v) is 2.43. The summed E-state index contributed by atoms with van der Waals surface area (Å²) in [5, 5.41) is 11.5. The predicted octanol–water partition coefficient (Wildman–Crippen LogP) is -0.413.